The van der Waals surface area contributed by atoms with E-state index in [9.17, 15) is 8.78 Å². The molecule has 0 rings (SSSR count). The van der Waals surface area contributed by atoms with Gasteiger partial charge in [0.25, 0.3) is 0 Å². The molecule has 1 N–H and O–H groups in total. The van der Waals surface area contributed by atoms with Crippen LogP contribution in [0.1, 0.15) is 19.8 Å². The average molecular weight is 174 g/mol. The van der Waals surface area contributed by atoms with Crippen LogP contribution in [0.15, 0.2) is 0 Å². The van der Waals surface area contributed by atoms with Gasteiger partial charge in [0.2, 0.25) is 5.92 Å². The molecule has 0 aliphatic rings. The van der Waals surface area contributed by atoms with Crippen molar-refractivity contribution in [3.8, 4) is 0 Å². The topological polar surface area (TPSA) is 12.0 Å². The Morgan fingerprint density at radius 1 is 1.40 bits per heavy atom. The van der Waals surface area contributed by atoms with E-state index in [1.165, 1.54) is 0 Å². The van der Waals surface area contributed by atoms with Crippen LogP contribution in [0, 0.1) is 0 Å². The highest BCUT2D eigenvalue weighted by atomic mass is 35.5. The van der Waals surface area contributed by atoms with Gasteiger partial charge in [-0.15, -0.1) is 12.4 Å². The van der Waals surface area contributed by atoms with Crippen LogP contribution in [0.2, 0.25) is 0 Å². The fourth-order valence-electron chi connectivity index (χ4n) is 0.576. The van der Waals surface area contributed by atoms with Crippen molar-refractivity contribution in [3.05, 3.63) is 0 Å². The summed E-state index contributed by atoms with van der Waals surface area (Å²) < 4.78 is 24.0. The predicted octanol–water partition coefficient (Wildman–Crippen LogP) is 2.06. The fraction of sp³-hybridized carbons (Fsp3) is 1.00. The Morgan fingerprint density at radius 3 is 2.20 bits per heavy atom. The molecule has 4 heteroatoms. The minimum Gasteiger partial charge on any atom is -0.320 e. The summed E-state index contributed by atoms with van der Waals surface area (Å²) >= 11 is 0. The maximum Gasteiger partial charge on any atom is 0.245 e. The zero-order chi connectivity index (χ0) is 7.33. The van der Waals surface area contributed by atoms with E-state index in [1.54, 1.807) is 7.05 Å². The van der Waals surface area contributed by atoms with Crippen LogP contribution in [0.25, 0.3) is 0 Å². The van der Waals surface area contributed by atoms with E-state index >= 15 is 0 Å². The third kappa shape index (κ3) is 11.0. The second-order valence-corrected chi connectivity index (χ2v) is 2.28. The third-order valence-electron chi connectivity index (χ3n) is 1.04. The first-order valence-corrected chi connectivity index (χ1v) is 3.09. The molecule has 0 unspecified atom stereocenters. The van der Waals surface area contributed by atoms with Crippen molar-refractivity contribution in [2.75, 3.05) is 13.6 Å². The number of alkyl halides is 2. The normalized spacial score (nSPS) is 10.8. The van der Waals surface area contributed by atoms with Gasteiger partial charge < -0.3 is 5.32 Å². The van der Waals surface area contributed by atoms with Gasteiger partial charge in [0.15, 0.2) is 0 Å². The lowest BCUT2D eigenvalue weighted by Gasteiger charge is -2.08. The summed E-state index contributed by atoms with van der Waals surface area (Å²) in [6.07, 6.45) is 0.522. The molecular formula is C6H14ClF2N. The van der Waals surface area contributed by atoms with Crippen molar-refractivity contribution in [3.63, 3.8) is 0 Å². The second kappa shape index (κ2) is 5.86. The molecule has 0 fully saturated rings. The maximum absolute atomic E-state index is 12.0. The van der Waals surface area contributed by atoms with E-state index in [1.807, 2.05) is 0 Å². The Labute approximate surface area is 66.6 Å². The summed E-state index contributed by atoms with van der Waals surface area (Å²) in [5.41, 5.74) is 0. The lowest BCUT2D eigenvalue weighted by Crippen LogP contribution is -2.14. The van der Waals surface area contributed by atoms with Gasteiger partial charge in [0.1, 0.15) is 0 Å². The van der Waals surface area contributed by atoms with Crippen molar-refractivity contribution < 1.29 is 8.78 Å². The smallest absolute Gasteiger partial charge is 0.245 e. The zero-order valence-electron chi connectivity index (χ0n) is 6.29. The minimum absolute atomic E-state index is 0. The van der Waals surface area contributed by atoms with Crippen LogP contribution >= 0.6 is 12.4 Å². The van der Waals surface area contributed by atoms with Gasteiger partial charge >= 0.3 is 0 Å². The highest BCUT2D eigenvalue weighted by Crippen LogP contribution is 2.17. The summed E-state index contributed by atoms with van der Waals surface area (Å²) in [6.45, 7) is 1.62. The van der Waals surface area contributed by atoms with Gasteiger partial charge in [-0.25, -0.2) is 8.78 Å². The van der Waals surface area contributed by atoms with Crippen LogP contribution in [-0.2, 0) is 0 Å². The fourth-order valence-corrected chi connectivity index (χ4v) is 0.576. The van der Waals surface area contributed by atoms with Gasteiger partial charge in [-0.2, -0.15) is 0 Å². The van der Waals surface area contributed by atoms with Gasteiger partial charge in [0.05, 0.1) is 0 Å². The van der Waals surface area contributed by atoms with Crippen LogP contribution in [0.5, 0.6) is 0 Å². The Bertz CT molecular complexity index is 72.6. The maximum atomic E-state index is 12.0. The van der Waals surface area contributed by atoms with Crippen LogP contribution in [0.4, 0.5) is 8.78 Å². The molecule has 0 heterocycles. The van der Waals surface area contributed by atoms with Gasteiger partial charge in [-0.3, -0.25) is 0 Å². The Kier molecular flexibility index (Phi) is 7.48. The van der Waals surface area contributed by atoms with Crippen molar-refractivity contribution in [1.29, 1.82) is 0 Å². The van der Waals surface area contributed by atoms with Crippen molar-refractivity contribution in [2.45, 2.75) is 25.7 Å². The minimum atomic E-state index is -2.49. The molecule has 0 aliphatic carbocycles. The van der Waals surface area contributed by atoms with E-state index in [4.69, 9.17) is 0 Å². The van der Waals surface area contributed by atoms with Crippen molar-refractivity contribution >= 4 is 12.4 Å². The van der Waals surface area contributed by atoms with Crippen LogP contribution in [0.3, 0.4) is 0 Å². The molecule has 64 valence electrons. The molecule has 10 heavy (non-hydrogen) atoms. The standard InChI is InChI=1S/C6H13F2N.ClH/c1-6(7,8)4-3-5-9-2;/h9H,3-5H2,1-2H3;1H. The molecule has 0 bridgehead atoms. The summed E-state index contributed by atoms with van der Waals surface area (Å²) in [6, 6.07) is 0. The van der Waals surface area contributed by atoms with Gasteiger partial charge in [-0.1, -0.05) is 0 Å². The summed E-state index contributed by atoms with van der Waals surface area (Å²) in [5, 5.41) is 2.81. The molecule has 0 radical (unpaired) electrons. The van der Waals surface area contributed by atoms with Crippen LogP contribution < -0.4 is 5.32 Å². The van der Waals surface area contributed by atoms with Crippen molar-refractivity contribution in [1.82, 2.24) is 5.32 Å². The first kappa shape index (κ1) is 12.8. The Morgan fingerprint density at radius 2 is 1.90 bits per heavy atom. The first-order valence-electron chi connectivity index (χ1n) is 3.09. The summed E-state index contributed by atoms with van der Waals surface area (Å²) in [5.74, 6) is -2.49. The lowest BCUT2D eigenvalue weighted by atomic mass is 10.2. The molecule has 0 atom stereocenters. The molecule has 0 amide bonds. The van der Waals surface area contributed by atoms with Crippen LogP contribution in [-0.4, -0.2) is 19.5 Å². The van der Waals surface area contributed by atoms with Gasteiger partial charge in [-0.05, 0) is 26.9 Å². The third-order valence-corrected chi connectivity index (χ3v) is 1.04. The van der Waals surface area contributed by atoms with E-state index in [-0.39, 0.29) is 18.8 Å². The molecular weight excluding hydrogens is 160 g/mol. The Balaban J connectivity index is 0. The molecule has 0 spiro atoms. The number of hydrogen-bond donors (Lipinski definition) is 1. The highest BCUT2D eigenvalue weighted by Gasteiger charge is 2.19. The molecule has 1 nitrogen and oxygen atoms in total. The monoisotopic (exact) mass is 173 g/mol. The van der Waals surface area contributed by atoms with Crippen molar-refractivity contribution in [2.24, 2.45) is 0 Å². The van der Waals surface area contributed by atoms with E-state index in [0.717, 1.165) is 6.92 Å². The quantitative estimate of drug-likeness (QED) is 0.642. The number of hydrogen-bond acceptors (Lipinski definition) is 1. The van der Waals surface area contributed by atoms with Gasteiger partial charge in [0, 0.05) is 6.42 Å². The largest absolute Gasteiger partial charge is 0.320 e. The molecule has 0 aliphatic heterocycles. The first-order chi connectivity index (χ1) is 4.06. The average Bonchev–Trinajstić information content (AvgIpc) is 1.63. The second-order valence-electron chi connectivity index (χ2n) is 2.28. The number of rotatable bonds is 4. The zero-order valence-corrected chi connectivity index (χ0v) is 7.10. The number of nitrogens with one attached hydrogen (secondary N) is 1. The summed E-state index contributed by atoms with van der Waals surface area (Å²) in [4.78, 5) is 0. The summed E-state index contributed by atoms with van der Waals surface area (Å²) in [7, 11) is 1.76. The highest BCUT2D eigenvalue weighted by molar-refractivity contribution is 5.85. The van der Waals surface area contributed by atoms with E-state index in [2.05, 4.69) is 5.32 Å². The molecule has 0 saturated carbocycles. The SMILES string of the molecule is CNCCCC(C)(F)F.Cl. The number of halogens is 3. The predicted molar refractivity (Wildman–Crippen MR) is 41.0 cm³/mol. The van der Waals surface area contributed by atoms with E-state index in [0.29, 0.717) is 13.0 Å². The molecule has 0 aromatic heterocycles. The lowest BCUT2D eigenvalue weighted by molar-refractivity contribution is 0.0112. The Hall–Kier alpha value is 0.110. The van der Waals surface area contributed by atoms with E-state index < -0.39 is 5.92 Å². The molecule has 0 aromatic carbocycles. The molecule has 0 saturated heterocycles. The molecule has 0 aromatic rings.